The summed E-state index contributed by atoms with van der Waals surface area (Å²) in [4.78, 5) is 12.2. The Labute approximate surface area is 138 Å². The molecule has 1 atom stereocenters. The highest BCUT2D eigenvalue weighted by Crippen LogP contribution is 2.26. The third kappa shape index (κ3) is 4.21. The zero-order valence-corrected chi connectivity index (χ0v) is 13.7. The normalized spacial score (nSPS) is 17.7. The summed E-state index contributed by atoms with van der Waals surface area (Å²) < 4.78 is 5.73. The maximum Gasteiger partial charge on any atom is 0.238 e. The van der Waals surface area contributed by atoms with Crippen molar-refractivity contribution in [1.82, 2.24) is 0 Å². The average molecular weight is 331 g/mol. The fourth-order valence-corrected chi connectivity index (χ4v) is 4.65. The van der Waals surface area contributed by atoms with Crippen molar-refractivity contribution in [2.24, 2.45) is 0 Å². The van der Waals surface area contributed by atoms with Gasteiger partial charge >= 0.3 is 0 Å². The summed E-state index contributed by atoms with van der Waals surface area (Å²) in [6.45, 7) is 0. The molecule has 3 nitrogen and oxygen atoms in total. The number of ether oxygens (including phenoxy) is 1. The summed E-state index contributed by atoms with van der Waals surface area (Å²) in [6, 6.07) is 17.1. The molecule has 1 unspecified atom stereocenters. The van der Waals surface area contributed by atoms with Gasteiger partial charge in [0.2, 0.25) is 5.91 Å². The van der Waals surface area contributed by atoms with E-state index in [4.69, 9.17) is 4.74 Å². The molecule has 5 heteroatoms. The van der Waals surface area contributed by atoms with Gasteiger partial charge < -0.3 is 10.1 Å². The van der Waals surface area contributed by atoms with E-state index in [1.54, 1.807) is 11.8 Å². The minimum absolute atomic E-state index is 0.0546. The first-order valence-electron chi connectivity index (χ1n) is 7.14. The van der Waals surface area contributed by atoms with Gasteiger partial charge in [0.25, 0.3) is 0 Å². The number of anilines is 1. The molecule has 1 aliphatic heterocycles. The second-order valence-corrected chi connectivity index (χ2v) is 7.32. The third-order valence-electron chi connectivity index (χ3n) is 3.21. The van der Waals surface area contributed by atoms with E-state index in [0.717, 1.165) is 34.4 Å². The second-order valence-electron chi connectivity index (χ2n) is 4.86. The van der Waals surface area contributed by atoms with Gasteiger partial charge in [-0.1, -0.05) is 18.2 Å². The number of benzene rings is 2. The Hall–Kier alpha value is -1.59. The van der Waals surface area contributed by atoms with Gasteiger partial charge in [-0.2, -0.15) is 11.8 Å². The van der Waals surface area contributed by atoms with E-state index < -0.39 is 0 Å². The SMILES string of the molecule is O=C(Nc1ccc(Oc2ccccc2)cc1)C1CSCCS1. The molecule has 1 aliphatic rings. The smallest absolute Gasteiger partial charge is 0.238 e. The molecule has 22 heavy (non-hydrogen) atoms. The third-order valence-corrected chi connectivity index (χ3v) is 5.96. The van der Waals surface area contributed by atoms with Crippen LogP contribution in [0, 0.1) is 0 Å². The molecule has 0 bridgehead atoms. The molecule has 0 saturated carbocycles. The molecular formula is C17H17NO2S2. The highest BCUT2D eigenvalue weighted by molar-refractivity contribution is 8.07. The summed E-state index contributed by atoms with van der Waals surface area (Å²) >= 11 is 3.58. The molecule has 1 fully saturated rings. The van der Waals surface area contributed by atoms with E-state index in [1.807, 2.05) is 66.4 Å². The van der Waals surface area contributed by atoms with Gasteiger partial charge in [0, 0.05) is 22.9 Å². The van der Waals surface area contributed by atoms with Gasteiger partial charge in [-0.25, -0.2) is 0 Å². The van der Waals surface area contributed by atoms with Crippen molar-refractivity contribution >= 4 is 35.1 Å². The van der Waals surface area contributed by atoms with Crippen LogP contribution in [0.2, 0.25) is 0 Å². The maximum absolute atomic E-state index is 12.2. The quantitative estimate of drug-likeness (QED) is 0.908. The summed E-state index contributed by atoms with van der Waals surface area (Å²) in [5, 5.41) is 3.03. The zero-order valence-electron chi connectivity index (χ0n) is 12.0. The molecule has 1 saturated heterocycles. The standard InChI is InChI=1S/C17H17NO2S2/c19-17(16-12-21-10-11-22-16)18-13-6-8-15(9-7-13)20-14-4-2-1-3-5-14/h1-9,16H,10-12H2,(H,18,19). The van der Waals surface area contributed by atoms with Gasteiger partial charge in [0.15, 0.2) is 0 Å². The van der Waals surface area contributed by atoms with Crippen LogP contribution in [0.15, 0.2) is 54.6 Å². The van der Waals surface area contributed by atoms with Gasteiger partial charge in [0.1, 0.15) is 11.5 Å². The molecule has 2 aromatic carbocycles. The van der Waals surface area contributed by atoms with Crippen molar-refractivity contribution in [3.63, 3.8) is 0 Å². The Bertz CT molecular complexity index is 610. The minimum Gasteiger partial charge on any atom is -0.457 e. The van der Waals surface area contributed by atoms with Crippen LogP contribution in [-0.4, -0.2) is 28.4 Å². The maximum atomic E-state index is 12.2. The first-order valence-corrected chi connectivity index (χ1v) is 9.35. The van der Waals surface area contributed by atoms with E-state index in [-0.39, 0.29) is 11.2 Å². The van der Waals surface area contributed by atoms with E-state index in [2.05, 4.69) is 5.32 Å². The molecule has 0 spiro atoms. The summed E-state index contributed by atoms with van der Waals surface area (Å²) in [5.74, 6) is 4.73. The summed E-state index contributed by atoms with van der Waals surface area (Å²) in [7, 11) is 0. The lowest BCUT2D eigenvalue weighted by molar-refractivity contribution is -0.115. The minimum atomic E-state index is 0.0546. The van der Waals surface area contributed by atoms with Crippen molar-refractivity contribution in [2.75, 3.05) is 22.6 Å². The van der Waals surface area contributed by atoms with Crippen LogP contribution in [0.1, 0.15) is 0 Å². The number of hydrogen-bond acceptors (Lipinski definition) is 4. The van der Waals surface area contributed by atoms with Crippen LogP contribution >= 0.6 is 23.5 Å². The van der Waals surface area contributed by atoms with Crippen molar-refractivity contribution in [3.05, 3.63) is 54.6 Å². The van der Waals surface area contributed by atoms with E-state index in [0.29, 0.717) is 0 Å². The van der Waals surface area contributed by atoms with Gasteiger partial charge in [-0.3, -0.25) is 4.79 Å². The molecular weight excluding hydrogens is 314 g/mol. The Balaban J connectivity index is 1.58. The van der Waals surface area contributed by atoms with Crippen molar-refractivity contribution < 1.29 is 9.53 Å². The number of para-hydroxylation sites is 1. The predicted octanol–water partition coefficient (Wildman–Crippen LogP) is 4.27. The van der Waals surface area contributed by atoms with Crippen LogP contribution in [0.5, 0.6) is 11.5 Å². The Morgan fingerprint density at radius 1 is 1.00 bits per heavy atom. The van der Waals surface area contributed by atoms with Crippen molar-refractivity contribution in [2.45, 2.75) is 5.25 Å². The number of nitrogens with one attached hydrogen (secondary N) is 1. The molecule has 0 radical (unpaired) electrons. The predicted molar refractivity (Wildman–Crippen MR) is 95.2 cm³/mol. The van der Waals surface area contributed by atoms with Gasteiger partial charge in [-0.15, -0.1) is 11.8 Å². The van der Waals surface area contributed by atoms with E-state index >= 15 is 0 Å². The number of rotatable bonds is 4. The number of amides is 1. The lowest BCUT2D eigenvalue weighted by Crippen LogP contribution is -2.30. The van der Waals surface area contributed by atoms with Crippen LogP contribution in [-0.2, 0) is 4.79 Å². The van der Waals surface area contributed by atoms with Crippen molar-refractivity contribution in [3.8, 4) is 11.5 Å². The van der Waals surface area contributed by atoms with Gasteiger partial charge in [0.05, 0.1) is 5.25 Å². The highest BCUT2D eigenvalue weighted by Gasteiger charge is 2.22. The molecule has 114 valence electrons. The lowest BCUT2D eigenvalue weighted by atomic mass is 10.3. The van der Waals surface area contributed by atoms with Crippen LogP contribution < -0.4 is 10.1 Å². The Kier molecular flexibility index (Phi) is 5.29. The second kappa shape index (κ2) is 7.61. The molecule has 1 amide bonds. The van der Waals surface area contributed by atoms with Crippen molar-refractivity contribution in [1.29, 1.82) is 0 Å². The molecule has 1 N–H and O–H groups in total. The van der Waals surface area contributed by atoms with Crippen LogP contribution in [0.25, 0.3) is 0 Å². The van der Waals surface area contributed by atoms with Crippen LogP contribution in [0.3, 0.4) is 0 Å². The monoisotopic (exact) mass is 331 g/mol. The highest BCUT2D eigenvalue weighted by atomic mass is 32.2. The summed E-state index contributed by atoms with van der Waals surface area (Å²) in [5.41, 5.74) is 0.807. The number of carbonyl (C=O) groups excluding carboxylic acids is 1. The molecule has 0 aromatic heterocycles. The van der Waals surface area contributed by atoms with Crippen LogP contribution in [0.4, 0.5) is 5.69 Å². The number of thioether (sulfide) groups is 2. The fourth-order valence-electron chi connectivity index (χ4n) is 2.09. The first-order chi connectivity index (χ1) is 10.8. The zero-order chi connectivity index (χ0) is 15.2. The molecule has 2 aromatic rings. The van der Waals surface area contributed by atoms with E-state index in [9.17, 15) is 4.79 Å². The largest absolute Gasteiger partial charge is 0.457 e. The fraction of sp³-hybridized carbons (Fsp3) is 0.235. The average Bonchev–Trinajstić information content (AvgIpc) is 2.58. The topological polar surface area (TPSA) is 38.3 Å². The number of hydrogen-bond donors (Lipinski definition) is 1. The lowest BCUT2D eigenvalue weighted by Gasteiger charge is -2.20. The van der Waals surface area contributed by atoms with E-state index in [1.165, 1.54) is 0 Å². The number of carbonyl (C=O) groups is 1. The molecule has 0 aliphatic carbocycles. The molecule has 1 heterocycles. The summed E-state index contributed by atoms with van der Waals surface area (Å²) in [6.07, 6.45) is 0. The Morgan fingerprint density at radius 2 is 1.73 bits per heavy atom. The first kappa shape index (κ1) is 15.3. The Morgan fingerprint density at radius 3 is 2.41 bits per heavy atom. The van der Waals surface area contributed by atoms with Gasteiger partial charge in [-0.05, 0) is 36.4 Å². The molecule has 3 rings (SSSR count).